The van der Waals surface area contributed by atoms with Gasteiger partial charge in [-0.3, -0.25) is 15.6 Å². The molecule has 0 radical (unpaired) electrons. The van der Waals surface area contributed by atoms with E-state index in [1.165, 1.54) is 12.8 Å². The standard InChI is InChI=1S/C7H17N3.HI/c1-4-5-6-10-7(8-2)9-3;/h4-6H2,1-3H3,(H2,8,9,10);1H. The van der Waals surface area contributed by atoms with Gasteiger partial charge in [0.05, 0.1) is 20.6 Å². The topological polar surface area (TPSA) is 38.0 Å². The highest BCUT2D eigenvalue weighted by Gasteiger charge is 1.96. The first-order valence-electron chi connectivity index (χ1n) is 3.81. The molecule has 0 aliphatic carbocycles. The van der Waals surface area contributed by atoms with Crippen LogP contribution in [0.25, 0.3) is 0 Å². The van der Waals surface area contributed by atoms with Crippen molar-refractivity contribution < 1.29 is 29.0 Å². The molecule has 0 aromatic heterocycles. The summed E-state index contributed by atoms with van der Waals surface area (Å²) in [5.41, 5.74) is 0. The van der Waals surface area contributed by atoms with E-state index in [1.54, 1.807) is 0 Å². The van der Waals surface area contributed by atoms with Crippen LogP contribution in [0.15, 0.2) is 0 Å². The Kier molecular flexibility index (Phi) is 12.3. The summed E-state index contributed by atoms with van der Waals surface area (Å²) < 4.78 is 0. The second-order valence-electron chi connectivity index (χ2n) is 2.16. The third-order valence-electron chi connectivity index (χ3n) is 1.33. The maximum Gasteiger partial charge on any atom is 0.342 e. The Morgan fingerprint density at radius 2 is 2.09 bits per heavy atom. The Morgan fingerprint density at radius 1 is 1.45 bits per heavy atom. The van der Waals surface area contributed by atoms with Crippen LogP contribution in [-0.2, 0) is 0 Å². The number of hydrogen-bond donors (Lipinski definition) is 3. The highest BCUT2D eigenvalue weighted by atomic mass is 127. The minimum atomic E-state index is 0. The van der Waals surface area contributed by atoms with E-state index in [1.807, 2.05) is 14.1 Å². The highest BCUT2D eigenvalue weighted by Crippen LogP contribution is 1.80. The first-order chi connectivity index (χ1) is 4.85. The number of guanidine groups is 1. The van der Waals surface area contributed by atoms with Gasteiger partial charge in [-0.05, 0) is 6.42 Å². The van der Waals surface area contributed by atoms with Crippen LogP contribution in [0, 0.1) is 0 Å². The zero-order valence-electron chi connectivity index (χ0n) is 7.50. The number of unbranched alkanes of at least 4 members (excludes halogenated alkanes) is 1. The molecule has 68 valence electrons. The average Bonchev–Trinajstić information content (AvgIpc) is 1.99. The molecular formula is C7H18IN3. The van der Waals surface area contributed by atoms with Gasteiger partial charge < -0.3 is 24.0 Å². The summed E-state index contributed by atoms with van der Waals surface area (Å²) in [6, 6.07) is 0. The third-order valence-corrected chi connectivity index (χ3v) is 1.33. The molecule has 3 nitrogen and oxygen atoms in total. The molecule has 0 saturated heterocycles. The van der Waals surface area contributed by atoms with Crippen molar-refractivity contribution in [3.05, 3.63) is 0 Å². The molecular weight excluding hydrogens is 253 g/mol. The monoisotopic (exact) mass is 271 g/mol. The van der Waals surface area contributed by atoms with Crippen molar-refractivity contribution in [3.8, 4) is 0 Å². The fourth-order valence-corrected chi connectivity index (χ4v) is 0.692. The van der Waals surface area contributed by atoms with Crippen molar-refractivity contribution in [1.82, 2.24) is 10.6 Å². The van der Waals surface area contributed by atoms with Crippen LogP contribution < -0.4 is 39.6 Å². The van der Waals surface area contributed by atoms with E-state index < -0.39 is 0 Å². The summed E-state index contributed by atoms with van der Waals surface area (Å²) in [5, 5.41) is 6.22. The lowest BCUT2D eigenvalue weighted by Gasteiger charge is -1.99. The van der Waals surface area contributed by atoms with E-state index in [-0.39, 0.29) is 24.0 Å². The second kappa shape index (κ2) is 10.0. The number of nitrogens with one attached hydrogen (secondary N) is 3. The van der Waals surface area contributed by atoms with Crippen LogP contribution in [0.5, 0.6) is 0 Å². The molecule has 4 heteroatoms. The van der Waals surface area contributed by atoms with Gasteiger partial charge in [-0.25, -0.2) is 0 Å². The minimum Gasteiger partial charge on any atom is -1.00 e. The van der Waals surface area contributed by atoms with E-state index in [9.17, 15) is 0 Å². The predicted molar refractivity (Wildman–Crippen MR) is 43.9 cm³/mol. The summed E-state index contributed by atoms with van der Waals surface area (Å²) in [6.07, 6.45) is 2.45. The predicted octanol–water partition coefficient (Wildman–Crippen LogP) is -4.33. The Bertz CT molecular complexity index is 104. The SMILES string of the molecule is CCCCNC(NC)=[NH+]C.[I-]. The maximum atomic E-state index is 3.21. The summed E-state index contributed by atoms with van der Waals surface area (Å²) in [7, 11) is 3.79. The van der Waals surface area contributed by atoms with E-state index >= 15 is 0 Å². The van der Waals surface area contributed by atoms with Gasteiger partial charge in [-0.1, -0.05) is 13.3 Å². The van der Waals surface area contributed by atoms with Crippen LogP contribution in [0.4, 0.5) is 0 Å². The number of hydrogen-bond acceptors (Lipinski definition) is 0. The van der Waals surface area contributed by atoms with Crippen LogP contribution in [0.2, 0.25) is 0 Å². The molecule has 3 N–H and O–H groups in total. The number of halogens is 1. The fraction of sp³-hybridized carbons (Fsp3) is 0.857. The Balaban J connectivity index is 0. The summed E-state index contributed by atoms with van der Waals surface area (Å²) in [5.74, 6) is 0.994. The normalized spacial score (nSPS) is 10.3. The molecule has 0 heterocycles. The molecule has 0 amide bonds. The Labute approximate surface area is 86.1 Å². The molecule has 0 rings (SSSR count). The quantitative estimate of drug-likeness (QED) is 0.210. The van der Waals surface area contributed by atoms with Crippen LogP contribution in [0.1, 0.15) is 19.8 Å². The summed E-state index contributed by atoms with van der Waals surface area (Å²) >= 11 is 0. The fourth-order valence-electron chi connectivity index (χ4n) is 0.692. The third kappa shape index (κ3) is 7.90. The lowest BCUT2D eigenvalue weighted by Crippen LogP contribution is -3.00. The van der Waals surface area contributed by atoms with E-state index in [2.05, 4.69) is 22.5 Å². The van der Waals surface area contributed by atoms with Gasteiger partial charge in [0.15, 0.2) is 0 Å². The van der Waals surface area contributed by atoms with Gasteiger partial charge in [0.2, 0.25) is 0 Å². The lowest BCUT2D eigenvalue weighted by atomic mass is 10.3. The van der Waals surface area contributed by atoms with E-state index in [4.69, 9.17) is 0 Å². The summed E-state index contributed by atoms with van der Waals surface area (Å²) in [6.45, 7) is 3.22. The van der Waals surface area contributed by atoms with Crippen molar-refractivity contribution >= 4 is 5.96 Å². The molecule has 11 heavy (non-hydrogen) atoms. The first kappa shape index (κ1) is 13.6. The minimum absolute atomic E-state index is 0. The second-order valence-corrected chi connectivity index (χ2v) is 2.16. The molecule has 0 fully saturated rings. The molecule has 0 aromatic rings. The summed E-state index contributed by atoms with van der Waals surface area (Å²) in [4.78, 5) is 3.01. The van der Waals surface area contributed by atoms with Gasteiger partial charge >= 0.3 is 5.96 Å². The molecule has 0 aliphatic heterocycles. The van der Waals surface area contributed by atoms with Crippen molar-refractivity contribution in [1.29, 1.82) is 0 Å². The number of rotatable bonds is 3. The zero-order valence-corrected chi connectivity index (χ0v) is 9.66. The van der Waals surface area contributed by atoms with Gasteiger partial charge in [-0.15, -0.1) is 0 Å². The highest BCUT2D eigenvalue weighted by molar-refractivity contribution is 5.73. The van der Waals surface area contributed by atoms with E-state index in [0.717, 1.165) is 12.5 Å². The van der Waals surface area contributed by atoms with Gasteiger partial charge in [0.25, 0.3) is 0 Å². The first-order valence-corrected chi connectivity index (χ1v) is 3.81. The van der Waals surface area contributed by atoms with Crippen molar-refractivity contribution in [2.45, 2.75) is 19.8 Å². The van der Waals surface area contributed by atoms with Crippen LogP contribution >= 0.6 is 0 Å². The largest absolute Gasteiger partial charge is 1.00 e. The lowest BCUT2D eigenvalue weighted by molar-refractivity contribution is -0.424. The van der Waals surface area contributed by atoms with E-state index in [0.29, 0.717) is 0 Å². The van der Waals surface area contributed by atoms with Gasteiger partial charge in [-0.2, -0.15) is 0 Å². The molecule has 0 aliphatic rings. The smallest absolute Gasteiger partial charge is 0.342 e. The Morgan fingerprint density at radius 3 is 2.45 bits per heavy atom. The molecule has 0 unspecified atom stereocenters. The molecule has 0 atom stereocenters. The van der Waals surface area contributed by atoms with Gasteiger partial charge in [0, 0.05) is 0 Å². The van der Waals surface area contributed by atoms with Crippen molar-refractivity contribution in [2.75, 3.05) is 20.6 Å². The molecule has 0 saturated carbocycles. The molecule has 0 aromatic carbocycles. The van der Waals surface area contributed by atoms with Crippen molar-refractivity contribution in [3.63, 3.8) is 0 Å². The van der Waals surface area contributed by atoms with Crippen LogP contribution in [-0.4, -0.2) is 26.6 Å². The van der Waals surface area contributed by atoms with Gasteiger partial charge in [0.1, 0.15) is 0 Å². The van der Waals surface area contributed by atoms with Crippen LogP contribution in [0.3, 0.4) is 0 Å². The average molecular weight is 271 g/mol. The maximum absolute atomic E-state index is 3.21. The Hall–Kier alpha value is 0. The van der Waals surface area contributed by atoms with Crippen molar-refractivity contribution in [2.24, 2.45) is 0 Å². The zero-order chi connectivity index (χ0) is 7.82. The molecule has 0 bridgehead atoms. The molecule has 0 spiro atoms.